The number of rotatable bonds is 3. The van der Waals surface area contributed by atoms with Crippen molar-refractivity contribution in [2.75, 3.05) is 18.5 Å². The number of carbonyl (C=O) groups excluding carboxylic acids is 1. The molecule has 0 unspecified atom stereocenters. The lowest BCUT2D eigenvalue weighted by atomic mass is 10.0. The van der Waals surface area contributed by atoms with Crippen LogP contribution < -0.4 is 5.32 Å². The molecule has 1 amide bonds. The molecule has 1 saturated heterocycles. The Morgan fingerprint density at radius 3 is 2.59 bits per heavy atom. The number of hydrogen-bond acceptors (Lipinski definition) is 2. The molecule has 1 aliphatic rings. The predicted molar refractivity (Wildman–Crippen MR) is 53.9 cm³/mol. The van der Waals surface area contributed by atoms with E-state index in [1.807, 2.05) is 0 Å². The number of benzene rings is 1. The zero-order valence-corrected chi connectivity index (χ0v) is 8.80. The molecule has 0 aliphatic carbocycles. The molecule has 0 spiro atoms. The van der Waals surface area contributed by atoms with E-state index in [0.717, 1.165) is 12.1 Å². The molecule has 92 valence electrons. The number of ether oxygens (including phenoxy) is 1. The van der Waals surface area contributed by atoms with Crippen molar-refractivity contribution in [3.8, 4) is 0 Å². The van der Waals surface area contributed by atoms with Crippen molar-refractivity contribution in [2.24, 2.45) is 5.92 Å². The summed E-state index contributed by atoms with van der Waals surface area (Å²) in [6, 6.07) is 1.75. The number of amides is 1. The van der Waals surface area contributed by atoms with Crippen molar-refractivity contribution in [3.63, 3.8) is 0 Å². The molecule has 0 atom stereocenters. The van der Waals surface area contributed by atoms with Crippen LogP contribution in [0, 0.1) is 23.4 Å². The Hall–Kier alpha value is -1.56. The SMILES string of the molecule is O=C(CC1COC1)Nc1ccc(F)c(F)c1F. The minimum atomic E-state index is -1.59. The largest absolute Gasteiger partial charge is 0.381 e. The van der Waals surface area contributed by atoms with E-state index in [-0.39, 0.29) is 18.0 Å². The van der Waals surface area contributed by atoms with Crippen LogP contribution in [0.5, 0.6) is 0 Å². The summed E-state index contributed by atoms with van der Waals surface area (Å²) in [4.78, 5) is 11.4. The van der Waals surface area contributed by atoms with Gasteiger partial charge in [-0.2, -0.15) is 0 Å². The molecule has 1 heterocycles. The van der Waals surface area contributed by atoms with E-state index in [2.05, 4.69) is 5.32 Å². The first-order valence-corrected chi connectivity index (χ1v) is 5.09. The highest BCUT2D eigenvalue weighted by molar-refractivity contribution is 5.91. The Labute approximate surface area is 95.6 Å². The molecule has 17 heavy (non-hydrogen) atoms. The minimum Gasteiger partial charge on any atom is -0.381 e. The minimum absolute atomic E-state index is 0.114. The van der Waals surface area contributed by atoms with E-state index >= 15 is 0 Å². The Balaban J connectivity index is 2.02. The van der Waals surface area contributed by atoms with Crippen LogP contribution in [-0.2, 0) is 9.53 Å². The first-order chi connectivity index (χ1) is 8.08. The Morgan fingerprint density at radius 1 is 1.29 bits per heavy atom. The number of hydrogen-bond donors (Lipinski definition) is 1. The first kappa shape index (κ1) is 11.9. The number of halogens is 3. The Morgan fingerprint density at radius 2 is 2.00 bits per heavy atom. The maximum absolute atomic E-state index is 13.2. The number of nitrogens with one attached hydrogen (secondary N) is 1. The van der Waals surface area contributed by atoms with Gasteiger partial charge in [0.15, 0.2) is 17.5 Å². The summed E-state index contributed by atoms with van der Waals surface area (Å²) in [6.07, 6.45) is 0.179. The fourth-order valence-corrected chi connectivity index (χ4v) is 1.49. The summed E-state index contributed by atoms with van der Waals surface area (Å²) in [7, 11) is 0. The zero-order valence-electron chi connectivity index (χ0n) is 8.80. The maximum Gasteiger partial charge on any atom is 0.224 e. The quantitative estimate of drug-likeness (QED) is 0.828. The molecule has 0 bridgehead atoms. The molecule has 1 aromatic rings. The van der Waals surface area contributed by atoms with Gasteiger partial charge in [0.25, 0.3) is 0 Å². The van der Waals surface area contributed by atoms with Gasteiger partial charge in [-0.3, -0.25) is 4.79 Å². The smallest absolute Gasteiger partial charge is 0.224 e. The number of anilines is 1. The van der Waals surface area contributed by atoms with Crippen LogP contribution in [0.3, 0.4) is 0 Å². The van der Waals surface area contributed by atoms with Crippen LogP contribution in [0.2, 0.25) is 0 Å². The lowest BCUT2D eigenvalue weighted by molar-refractivity contribution is -0.121. The summed E-state index contributed by atoms with van der Waals surface area (Å²) < 4.78 is 43.6. The highest BCUT2D eigenvalue weighted by atomic mass is 19.2. The van der Waals surface area contributed by atoms with Gasteiger partial charge in [0.1, 0.15) is 0 Å². The van der Waals surface area contributed by atoms with Crippen molar-refractivity contribution in [1.82, 2.24) is 0 Å². The highest BCUT2D eigenvalue weighted by Crippen LogP contribution is 2.21. The first-order valence-electron chi connectivity index (χ1n) is 5.09. The van der Waals surface area contributed by atoms with E-state index in [1.165, 1.54) is 0 Å². The van der Waals surface area contributed by atoms with Gasteiger partial charge >= 0.3 is 0 Å². The van der Waals surface area contributed by atoms with Gasteiger partial charge in [0.05, 0.1) is 18.9 Å². The van der Waals surface area contributed by atoms with E-state index in [9.17, 15) is 18.0 Å². The van der Waals surface area contributed by atoms with Crippen molar-refractivity contribution < 1.29 is 22.7 Å². The van der Waals surface area contributed by atoms with Crippen molar-refractivity contribution in [2.45, 2.75) is 6.42 Å². The summed E-state index contributed by atoms with van der Waals surface area (Å²) in [5.74, 6) is -4.59. The van der Waals surface area contributed by atoms with Crippen LogP contribution in [-0.4, -0.2) is 19.1 Å². The summed E-state index contributed by atoms with van der Waals surface area (Å²) in [5, 5.41) is 2.20. The summed E-state index contributed by atoms with van der Waals surface area (Å²) in [6.45, 7) is 0.987. The second-order valence-electron chi connectivity index (χ2n) is 3.88. The molecule has 1 N–H and O–H groups in total. The molecule has 1 aliphatic heterocycles. The summed E-state index contributed by atoms with van der Waals surface area (Å²) in [5.41, 5.74) is -0.353. The average molecular weight is 245 g/mol. The lowest BCUT2D eigenvalue weighted by Crippen LogP contribution is -2.31. The van der Waals surface area contributed by atoms with Crippen molar-refractivity contribution >= 4 is 11.6 Å². The van der Waals surface area contributed by atoms with Crippen LogP contribution in [0.1, 0.15) is 6.42 Å². The van der Waals surface area contributed by atoms with Gasteiger partial charge in [0, 0.05) is 12.3 Å². The van der Waals surface area contributed by atoms with Crippen molar-refractivity contribution in [3.05, 3.63) is 29.6 Å². The van der Waals surface area contributed by atoms with E-state index in [0.29, 0.717) is 13.2 Å². The van der Waals surface area contributed by atoms with Gasteiger partial charge in [0.2, 0.25) is 5.91 Å². The fourth-order valence-electron chi connectivity index (χ4n) is 1.49. The average Bonchev–Trinajstić information content (AvgIpc) is 2.25. The molecule has 0 radical (unpaired) electrons. The standard InChI is InChI=1S/C11H10F3NO2/c12-7-1-2-8(11(14)10(7)13)15-9(16)3-6-4-17-5-6/h1-2,6H,3-5H2,(H,15,16). The van der Waals surface area contributed by atoms with Gasteiger partial charge < -0.3 is 10.1 Å². The normalized spacial score (nSPS) is 15.5. The predicted octanol–water partition coefficient (Wildman–Crippen LogP) is 2.08. The van der Waals surface area contributed by atoms with E-state index in [1.54, 1.807) is 0 Å². The van der Waals surface area contributed by atoms with E-state index in [4.69, 9.17) is 4.74 Å². The maximum atomic E-state index is 13.2. The lowest BCUT2D eigenvalue weighted by Gasteiger charge is -2.25. The molecule has 1 fully saturated rings. The fraction of sp³-hybridized carbons (Fsp3) is 0.364. The monoisotopic (exact) mass is 245 g/mol. The third-order valence-corrected chi connectivity index (χ3v) is 2.49. The van der Waals surface area contributed by atoms with Gasteiger partial charge in [-0.15, -0.1) is 0 Å². The molecule has 1 aromatic carbocycles. The van der Waals surface area contributed by atoms with Crippen LogP contribution in [0.4, 0.5) is 18.9 Å². The summed E-state index contributed by atoms with van der Waals surface area (Å²) >= 11 is 0. The number of carbonyl (C=O) groups is 1. The highest BCUT2D eigenvalue weighted by Gasteiger charge is 2.22. The van der Waals surface area contributed by atoms with Gasteiger partial charge in [-0.1, -0.05) is 0 Å². The van der Waals surface area contributed by atoms with Crippen LogP contribution in [0.25, 0.3) is 0 Å². The Bertz CT molecular complexity index is 447. The zero-order chi connectivity index (χ0) is 12.4. The van der Waals surface area contributed by atoms with Crippen LogP contribution in [0.15, 0.2) is 12.1 Å². The molecule has 0 saturated carbocycles. The Kier molecular flexibility index (Phi) is 3.33. The second-order valence-corrected chi connectivity index (χ2v) is 3.88. The molecule has 3 nitrogen and oxygen atoms in total. The third kappa shape index (κ3) is 2.58. The van der Waals surface area contributed by atoms with E-state index < -0.39 is 23.4 Å². The van der Waals surface area contributed by atoms with Gasteiger partial charge in [-0.05, 0) is 12.1 Å². The molecule has 2 rings (SSSR count). The molecule has 0 aromatic heterocycles. The second kappa shape index (κ2) is 4.75. The molecular weight excluding hydrogens is 235 g/mol. The molecule has 6 heteroatoms. The van der Waals surface area contributed by atoms with Gasteiger partial charge in [-0.25, -0.2) is 13.2 Å². The third-order valence-electron chi connectivity index (χ3n) is 2.49. The molecular formula is C11H10F3NO2. The van der Waals surface area contributed by atoms with Crippen LogP contribution >= 0.6 is 0 Å². The van der Waals surface area contributed by atoms with Crippen molar-refractivity contribution in [1.29, 1.82) is 0 Å². The topological polar surface area (TPSA) is 38.3 Å².